The molecule has 1 fully saturated rings. The molecule has 130 valence electrons. The van der Waals surface area contributed by atoms with E-state index in [0.29, 0.717) is 25.2 Å². The van der Waals surface area contributed by atoms with Gasteiger partial charge in [0.05, 0.1) is 12.2 Å². The molecule has 0 aliphatic carbocycles. The van der Waals surface area contributed by atoms with E-state index in [1.165, 1.54) is 6.07 Å². The van der Waals surface area contributed by atoms with E-state index in [2.05, 4.69) is 5.32 Å². The van der Waals surface area contributed by atoms with Gasteiger partial charge in [0.15, 0.2) is 0 Å². The molecule has 1 aliphatic heterocycles. The van der Waals surface area contributed by atoms with Gasteiger partial charge in [-0.1, -0.05) is 30.3 Å². The summed E-state index contributed by atoms with van der Waals surface area (Å²) in [5.74, 6) is -0.509. The maximum absolute atomic E-state index is 12.4. The van der Waals surface area contributed by atoms with E-state index in [-0.39, 0.29) is 29.7 Å². The molecule has 0 bridgehead atoms. The SMILES string of the molecule is CN1CCC(C(=O)Nc2ccc(=O)n(Cc3ccccc3)c2)CC1=O. The molecule has 0 saturated carbocycles. The van der Waals surface area contributed by atoms with Crippen molar-refractivity contribution < 1.29 is 9.59 Å². The van der Waals surface area contributed by atoms with Gasteiger partial charge >= 0.3 is 0 Å². The Bertz CT molecular complexity index is 829. The van der Waals surface area contributed by atoms with Gasteiger partial charge in [-0.15, -0.1) is 0 Å². The molecule has 2 aromatic rings. The second kappa shape index (κ2) is 7.34. The molecule has 2 heterocycles. The lowest BCUT2D eigenvalue weighted by molar-refractivity contribution is -0.137. The van der Waals surface area contributed by atoms with E-state index in [1.54, 1.807) is 28.8 Å². The van der Waals surface area contributed by atoms with Crippen LogP contribution in [0.5, 0.6) is 0 Å². The van der Waals surface area contributed by atoms with Gasteiger partial charge in [-0.25, -0.2) is 0 Å². The number of likely N-dealkylation sites (tertiary alicyclic amines) is 1. The fourth-order valence-electron chi connectivity index (χ4n) is 2.92. The molecule has 6 heteroatoms. The van der Waals surface area contributed by atoms with Crippen molar-refractivity contribution in [3.63, 3.8) is 0 Å². The van der Waals surface area contributed by atoms with Crippen LogP contribution in [0.25, 0.3) is 0 Å². The topological polar surface area (TPSA) is 71.4 Å². The highest BCUT2D eigenvalue weighted by atomic mass is 16.2. The van der Waals surface area contributed by atoms with E-state index < -0.39 is 0 Å². The number of nitrogens with zero attached hydrogens (tertiary/aromatic N) is 2. The van der Waals surface area contributed by atoms with Crippen molar-refractivity contribution in [1.82, 2.24) is 9.47 Å². The van der Waals surface area contributed by atoms with Gasteiger partial charge in [0.2, 0.25) is 11.8 Å². The third kappa shape index (κ3) is 4.15. The van der Waals surface area contributed by atoms with Crippen LogP contribution in [0.15, 0.2) is 53.5 Å². The normalized spacial score (nSPS) is 17.4. The van der Waals surface area contributed by atoms with Crippen molar-refractivity contribution in [1.29, 1.82) is 0 Å². The molecule has 1 saturated heterocycles. The number of carbonyl (C=O) groups excluding carboxylic acids is 2. The van der Waals surface area contributed by atoms with Crippen LogP contribution in [-0.2, 0) is 16.1 Å². The van der Waals surface area contributed by atoms with Crippen LogP contribution < -0.4 is 10.9 Å². The van der Waals surface area contributed by atoms with Gasteiger partial charge in [-0.05, 0) is 18.1 Å². The number of aromatic nitrogens is 1. The van der Waals surface area contributed by atoms with E-state index in [1.807, 2.05) is 30.3 Å². The van der Waals surface area contributed by atoms with Crippen molar-refractivity contribution in [2.45, 2.75) is 19.4 Å². The zero-order valence-electron chi connectivity index (χ0n) is 14.1. The third-order valence-electron chi connectivity index (χ3n) is 4.48. The van der Waals surface area contributed by atoms with E-state index >= 15 is 0 Å². The van der Waals surface area contributed by atoms with E-state index in [4.69, 9.17) is 0 Å². The predicted molar refractivity (Wildman–Crippen MR) is 95.2 cm³/mol. The average molecular weight is 339 g/mol. The number of pyridine rings is 1. The fourth-order valence-corrected chi connectivity index (χ4v) is 2.92. The molecule has 3 rings (SSSR count). The number of amides is 2. The quantitative estimate of drug-likeness (QED) is 0.922. The first kappa shape index (κ1) is 17.0. The molecule has 6 nitrogen and oxygen atoms in total. The number of piperidine rings is 1. The molecule has 1 aromatic carbocycles. The lowest BCUT2D eigenvalue weighted by Crippen LogP contribution is -2.40. The Morgan fingerprint density at radius 2 is 1.92 bits per heavy atom. The molecule has 1 atom stereocenters. The van der Waals surface area contributed by atoms with E-state index in [9.17, 15) is 14.4 Å². The minimum absolute atomic E-state index is 0.0135. The number of hydrogen-bond acceptors (Lipinski definition) is 3. The van der Waals surface area contributed by atoms with Crippen LogP contribution in [0.4, 0.5) is 5.69 Å². The van der Waals surface area contributed by atoms with Crippen LogP contribution in [-0.4, -0.2) is 34.9 Å². The molecule has 0 spiro atoms. The lowest BCUT2D eigenvalue weighted by Gasteiger charge is -2.27. The standard InChI is InChI=1S/C19H21N3O3/c1-21-10-9-15(11-18(21)24)19(25)20-16-7-8-17(23)22(13-16)12-14-5-3-2-4-6-14/h2-8,13,15H,9-12H2,1H3,(H,20,25). The molecule has 1 unspecified atom stereocenters. The molecular formula is C19H21N3O3. The fraction of sp³-hybridized carbons (Fsp3) is 0.316. The first-order chi connectivity index (χ1) is 12.0. The van der Waals surface area contributed by atoms with Gasteiger partial charge in [0.1, 0.15) is 0 Å². The summed E-state index contributed by atoms with van der Waals surface area (Å²) in [5, 5.41) is 2.83. The van der Waals surface area contributed by atoms with Crippen LogP contribution in [0.2, 0.25) is 0 Å². The monoisotopic (exact) mass is 339 g/mol. The zero-order valence-corrected chi connectivity index (χ0v) is 14.1. The molecule has 25 heavy (non-hydrogen) atoms. The number of rotatable bonds is 4. The largest absolute Gasteiger partial charge is 0.346 e. The first-order valence-corrected chi connectivity index (χ1v) is 8.32. The van der Waals surface area contributed by atoms with Crippen molar-refractivity contribution in [3.8, 4) is 0 Å². The minimum Gasteiger partial charge on any atom is -0.346 e. The van der Waals surface area contributed by atoms with Crippen molar-refractivity contribution in [2.75, 3.05) is 18.9 Å². The summed E-state index contributed by atoms with van der Waals surface area (Å²) < 4.78 is 1.56. The van der Waals surface area contributed by atoms with Crippen LogP contribution in [0, 0.1) is 5.92 Å². The summed E-state index contributed by atoms with van der Waals surface area (Å²) in [6, 6.07) is 12.7. The molecule has 1 aliphatic rings. The molecule has 1 N–H and O–H groups in total. The molecule has 0 radical (unpaired) electrons. The molecular weight excluding hydrogens is 318 g/mol. The smallest absolute Gasteiger partial charge is 0.250 e. The maximum Gasteiger partial charge on any atom is 0.250 e. The van der Waals surface area contributed by atoms with Gasteiger partial charge < -0.3 is 14.8 Å². The summed E-state index contributed by atoms with van der Waals surface area (Å²) in [4.78, 5) is 37.9. The Hall–Kier alpha value is -2.89. The number of carbonyl (C=O) groups is 2. The average Bonchev–Trinajstić information content (AvgIpc) is 2.61. The number of benzene rings is 1. The Morgan fingerprint density at radius 3 is 2.64 bits per heavy atom. The summed E-state index contributed by atoms with van der Waals surface area (Å²) in [6.45, 7) is 1.03. The van der Waals surface area contributed by atoms with Crippen LogP contribution >= 0.6 is 0 Å². The van der Waals surface area contributed by atoms with Crippen molar-refractivity contribution in [3.05, 3.63) is 64.6 Å². The van der Waals surface area contributed by atoms with Crippen LogP contribution in [0.1, 0.15) is 18.4 Å². The first-order valence-electron chi connectivity index (χ1n) is 8.32. The van der Waals surface area contributed by atoms with Crippen molar-refractivity contribution >= 4 is 17.5 Å². The van der Waals surface area contributed by atoms with Gasteiger partial charge in [-0.3, -0.25) is 14.4 Å². The predicted octanol–water partition coefficient (Wildman–Crippen LogP) is 1.70. The summed E-state index contributed by atoms with van der Waals surface area (Å²) in [7, 11) is 1.75. The van der Waals surface area contributed by atoms with Crippen LogP contribution in [0.3, 0.4) is 0 Å². The number of anilines is 1. The van der Waals surface area contributed by atoms with Gasteiger partial charge in [-0.2, -0.15) is 0 Å². The molecule has 2 amide bonds. The Morgan fingerprint density at radius 1 is 1.16 bits per heavy atom. The highest BCUT2D eigenvalue weighted by Gasteiger charge is 2.28. The zero-order chi connectivity index (χ0) is 17.8. The summed E-state index contributed by atoms with van der Waals surface area (Å²) >= 11 is 0. The summed E-state index contributed by atoms with van der Waals surface area (Å²) in [5.41, 5.74) is 1.44. The number of nitrogens with one attached hydrogen (secondary N) is 1. The van der Waals surface area contributed by atoms with Gasteiger partial charge in [0, 0.05) is 38.2 Å². The van der Waals surface area contributed by atoms with Crippen molar-refractivity contribution in [2.24, 2.45) is 5.92 Å². The number of hydrogen-bond donors (Lipinski definition) is 1. The molecule has 1 aromatic heterocycles. The minimum atomic E-state index is -0.321. The second-order valence-corrected chi connectivity index (χ2v) is 6.36. The van der Waals surface area contributed by atoms with E-state index in [0.717, 1.165) is 5.56 Å². The maximum atomic E-state index is 12.4. The highest BCUT2D eigenvalue weighted by Crippen LogP contribution is 2.19. The Kier molecular flexibility index (Phi) is 4.97. The Balaban J connectivity index is 1.71. The third-order valence-corrected chi connectivity index (χ3v) is 4.48. The Labute approximate surface area is 146 Å². The second-order valence-electron chi connectivity index (χ2n) is 6.36. The van der Waals surface area contributed by atoms with Gasteiger partial charge in [0.25, 0.3) is 5.56 Å². The highest BCUT2D eigenvalue weighted by molar-refractivity contribution is 5.95. The lowest BCUT2D eigenvalue weighted by atomic mass is 9.95. The summed E-state index contributed by atoms with van der Waals surface area (Å²) in [6.07, 6.45) is 2.52.